The van der Waals surface area contributed by atoms with Crippen molar-refractivity contribution in [1.29, 1.82) is 0 Å². The van der Waals surface area contributed by atoms with Crippen LogP contribution in [0.25, 0.3) is 0 Å². The summed E-state index contributed by atoms with van der Waals surface area (Å²) in [6.07, 6.45) is 0. The molecule has 0 saturated carbocycles. The molecule has 0 fully saturated rings. The van der Waals surface area contributed by atoms with E-state index in [1.807, 2.05) is 0 Å². The van der Waals surface area contributed by atoms with Gasteiger partial charge in [-0.2, -0.15) is 0 Å². The third-order valence-electron chi connectivity index (χ3n) is 0.970. The van der Waals surface area contributed by atoms with Gasteiger partial charge >= 0.3 is 11.9 Å². The highest BCUT2D eigenvalue weighted by atomic mass is 16.5. The van der Waals surface area contributed by atoms with Crippen LogP contribution in [0.3, 0.4) is 0 Å². The molecule has 0 aromatic rings. The Balaban J connectivity index is 3.60. The van der Waals surface area contributed by atoms with Gasteiger partial charge in [0.25, 0.3) is 0 Å². The number of esters is 2. The van der Waals surface area contributed by atoms with Crippen molar-refractivity contribution in [3.05, 3.63) is 0 Å². The van der Waals surface area contributed by atoms with Crippen LogP contribution in [0, 0.1) is 0 Å². The molecule has 0 aliphatic rings. The lowest BCUT2D eigenvalue weighted by Gasteiger charge is -2.07. The molecule has 0 aliphatic carbocycles. The molecule has 0 amide bonds. The maximum absolute atomic E-state index is 10.6. The van der Waals surface area contributed by atoms with Crippen LogP contribution in [-0.4, -0.2) is 31.7 Å². The quantitative estimate of drug-likeness (QED) is 0.540. The number of hydrogen-bond donors (Lipinski definition) is 1. The lowest BCUT2D eigenvalue weighted by atomic mass is 10.3. The van der Waals surface area contributed by atoms with E-state index in [1.165, 1.54) is 14.0 Å². The molecule has 2 N–H and O–H groups in total. The Labute approximate surface area is 64.5 Å². The zero-order valence-electron chi connectivity index (χ0n) is 6.49. The van der Waals surface area contributed by atoms with Crippen molar-refractivity contribution >= 4 is 11.9 Å². The second-order valence-corrected chi connectivity index (χ2v) is 1.93. The first-order valence-corrected chi connectivity index (χ1v) is 3.04. The van der Waals surface area contributed by atoms with E-state index in [-0.39, 0.29) is 6.61 Å². The SMILES string of the molecule is COC(=O)C(N)COC(C)=O. The maximum Gasteiger partial charge on any atom is 0.326 e. The largest absolute Gasteiger partial charge is 0.468 e. The summed E-state index contributed by atoms with van der Waals surface area (Å²) in [5.41, 5.74) is 5.22. The number of methoxy groups -OCH3 is 1. The van der Waals surface area contributed by atoms with Crippen molar-refractivity contribution in [1.82, 2.24) is 0 Å². The monoisotopic (exact) mass is 161 g/mol. The van der Waals surface area contributed by atoms with E-state index >= 15 is 0 Å². The summed E-state index contributed by atoms with van der Waals surface area (Å²) < 4.78 is 8.75. The fraction of sp³-hybridized carbons (Fsp3) is 0.667. The molecule has 0 bridgehead atoms. The van der Waals surface area contributed by atoms with Crippen LogP contribution >= 0.6 is 0 Å². The Hall–Kier alpha value is -1.10. The van der Waals surface area contributed by atoms with Gasteiger partial charge in [-0.1, -0.05) is 0 Å². The van der Waals surface area contributed by atoms with Crippen LogP contribution in [-0.2, 0) is 19.1 Å². The van der Waals surface area contributed by atoms with Crippen molar-refractivity contribution < 1.29 is 19.1 Å². The fourth-order valence-corrected chi connectivity index (χ4v) is 0.427. The average Bonchev–Trinajstić information content (AvgIpc) is 1.98. The van der Waals surface area contributed by atoms with Gasteiger partial charge in [0.05, 0.1) is 7.11 Å². The van der Waals surface area contributed by atoms with E-state index in [1.54, 1.807) is 0 Å². The first kappa shape index (κ1) is 9.90. The number of carbonyl (C=O) groups is 2. The summed E-state index contributed by atoms with van der Waals surface area (Å²) >= 11 is 0. The maximum atomic E-state index is 10.6. The van der Waals surface area contributed by atoms with Gasteiger partial charge in [0.15, 0.2) is 0 Å². The number of carbonyl (C=O) groups excluding carboxylic acids is 2. The van der Waals surface area contributed by atoms with Gasteiger partial charge in [-0.05, 0) is 0 Å². The summed E-state index contributed by atoms with van der Waals surface area (Å²) in [6.45, 7) is 1.10. The highest BCUT2D eigenvalue weighted by molar-refractivity contribution is 5.76. The number of nitrogens with two attached hydrogens (primary N) is 1. The van der Waals surface area contributed by atoms with Gasteiger partial charge in [-0.15, -0.1) is 0 Å². The van der Waals surface area contributed by atoms with E-state index in [2.05, 4.69) is 9.47 Å². The Morgan fingerprint density at radius 3 is 2.45 bits per heavy atom. The Morgan fingerprint density at radius 1 is 1.55 bits per heavy atom. The third kappa shape index (κ3) is 4.32. The predicted molar refractivity (Wildman–Crippen MR) is 36.6 cm³/mol. The van der Waals surface area contributed by atoms with Gasteiger partial charge in [0, 0.05) is 6.92 Å². The molecule has 0 rings (SSSR count). The molecule has 11 heavy (non-hydrogen) atoms. The molecule has 5 nitrogen and oxygen atoms in total. The fourth-order valence-electron chi connectivity index (χ4n) is 0.427. The normalized spacial score (nSPS) is 11.9. The molecule has 0 aromatic heterocycles. The van der Waals surface area contributed by atoms with Crippen LogP contribution in [0.15, 0.2) is 0 Å². The van der Waals surface area contributed by atoms with Crippen molar-refractivity contribution in [3.8, 4) is 0 Å². The number of rotatable bonds is 3. The van der Waals surface area contributed by atoms with Crippen LogP contribution in [0.4, 0.5) is 0 Å². The molecule has 0 saturated heterocycles. The molecule has 0 heterocycles. The van der Waals surface area contributed by atoms with E-state index < -0.39 is 18.0 Å². The molecule has 0 aromatic carbocycles. The molecule has 1 atom stereocenters. The summed E-state index contributed by atoms with van der Waals surface area (Å²) in [6, 6.07) is -0.885. The zero-order valence-corrected chi connectivity index (χ0v) is 6.49. The van der Waals surface area contributed by atoms with E-state index in [0.717, 1.165) is 0 Å². The van der Waals surface area contributed by atoms with Gasteiger partial charge in [-0.25, -0.2) is 0 Å². The minimum atomic E-state index is -0.885. The van der Waals surface area contributed by atoms with Crippen LogP contribution in [0.1, 0.15) is 6.92 Å². The Kier molecular flexibility index (Phi) is 4.21. The molecular weight excluding hydrogens is 150 g/mol. The van der Waals surface area contributed by atoms with E-state index in [9.17, 15) is 9.59 Å². The van der Waals surface area contributed by atoms with Gasteiger partial charge < -0.3 is 15.2 Å². The molecule has 0 aliphatic heterocycles. The summed E-state index contributed by atoms with van der Waals surface area (Å²) in [4.78, 5) is 20.8. The van der Waals surface area contributed by atoms with Crippen LogP contribution in [0.2, 0.25) is 0 Å². The third-order valence-corrected chi connectivity index (χ3v) is 0.970. The van der Waals surface area contributed by atoms with Gasteiger partial charge in [0.2, 0.25) is 0 Å². The zero-order chi connectivity index (χ0) is 8.85. The lowest BCUT2D eigenvalue weighted by molar-refractivity contribution is -0.148. The van der Waals surface area contributed by atoms with Gasteiger partial charge in [-0.3, -0.25) is 9.59 Å². The first-order chi connectivity index (χ1) is 5.07. The van der Waals surface area contributed by atoms with E-state index in [4.69, 9.17) is 5.73 Å². The van der Waals surface area contributed by atoms with Crippen LogP contribution in [0.5, 0.6) is 0 Å². The highest BCUT2D eigenvalue weighted by Gasteiger charge is 2.14. The van der Waals surface area contributed by atoms with Crippen molar-refractivity contribution in [3.63, 3.8) is 0 Å². The standard InChI is InChI=1S/C6H11NO4/c1-4(8)11-3-5(7)6(9)10-2/h5H,3,7H2,1-2H3. The number of ether oxygens (including phenoxy) is 2. The van der Waals surface area contributed by atoms with Crippen LogP contribution < -0.4 is 5.73 Å². The molecule has 64 valence electrons. The minimum absolute atomic E-state index is 0.137. The van der Waals surface area contributed by atoms with Crippen molar-refractivity contribution in [2.45, 2.75) is 13.0 Å². The van der Waals surface area contributed by atoms with E-state index in [0.29, 0.717) is 0 Å². The lowest BCUT2D eigenvalue weighted by Crippen LogP contribution is -2.36. The predicted octanol–water partition coefficient (Wildman–Crippen LogP) is -0.950. The highest BCUT2D eigenvalue weighted by Crippen LogP contribution is 1.85. The Morgan fingerprint density at radius 2 is 2.09 bits per heavy atom. The topological polar surface area (TPSA) is 78.6 Å². The second kappa shape index (κ2) is 4.68. The molecular formula is C6H11NO4. The minimum Gasteiger partial charge on any atom is -0.468 e. The molecule has 0 spiro atoms. The van der Waals surface area contributed by atoms with Gasteiger partial charge in [0.1, 0.15) is 12.6 Å². The smallest absolute Gasteiger partial charge is 0.326 e. The van der Waals surface area contributed by atoms with Crippen molar-refractivity contribution in [2.75, 3.05) is 13.7 Å². The number of hydrogen-bond acceptors (Lipinski definition) is 5. The molecule has 0 radical (unpaired) electrons. The molecule has 5 heteroatoms. The average molecular weight is 161 g/mol. The Bertz CT molecular complexity index is 157. The first-order valence-electron chi connectivity index (χ1n) is 3.04. The van der Waals surface area contributed by atoms with Crippen molar-refractivity contribution in [2.24, 2.45) is 5.73 Å². The summed E-state index contributed by atoms with van der Waals surface area (Å²) in [5.74, 6) is -1.06. The summed E-state index contributed by atoms with van der Waals surface area (Å²) in [7, 11) is 1.22. The second-order valence-electron chi connectivity index (χ2n) is 1.93. The molecule has 1 unspecified atom stereocenters. The summed E-state index contributed by atoms with van der Waals surface area (Å²) in [5, 5.41) is 0.